The normalized spacial score (nSPS) is 31.3. The molecule has 1 aliphatic rings. The molecule has 0 aliphatic heterocycles. The molecule has 11 heavy (non-hydrogen) atoms. The van der Waals surface area contributed by atoms with Crippen LogP contribution >= 0.6 is 15.9 Å². The second-order valence-electron chi connectivity index (χ2n) is 2.56. The Kier molecular flexibility index (Phi) is 2.87. The zero-order valence-electron chi connectivity index (χ0n) is 6.29. The summed E-state index contributed by atoms with van der Waals surface area (Å²) in [7, 11) is 0. The fourth-order valence-electron chi connectivity index (χ4n) is 1.10. The smallest absolute Gasteiger partial charge is 0.105 e. The largest absolute Gasteiger partial charge is 0.386 e. The van der Waals surface area contributed by atoms with E-state index in [2.05, 4.69) is 15.9 Å². The Bertz CT molecular complexity index is 208. The fourth-order valence-corrected chi connectivity index (χ4v) is 1.66. The molecular formula is C8H11BrO2. The van der Waals surface area contributed by atoms with Gasteiger partial charge in [0.05, 0.1) is 0 Å². The van der Waals surface area contributed by atoms with Crippen LogP contribution in [0.5, 0.6) is 0 Å². The van der Waals surface area contributed by atoms with E-state index in [4.69, 9.17) is 0 Å². The van der Waals surface area contributed by atoms with Crippen LogP contribution in [0.3, 0.4) is 0 Å². The van der Waals surface area contributed by atoms with E-state index in [9.17, 15) is 10.2 Å². The van der Waals surface area contributed by atoms with Gasteiger partial charge in [0, 0.05) is 4.48 Å². The molecule has 0 radical (unpaired) electrons. The van der Waals surface area contributed by atoms with Gasteiger partial charge in [-0.25, -0.2) is 0 Å². The molecule has 1 aliphatic carbocycles. The summed E-state index contributed by atoms with van der Waals surface area (Å²) in [6.07, 6.45) is 2.72. The van der Waals surface area contributed by atoms with Gasteiger partial charge in [-0.05, 0) is 24.1 Å². The molecule has 0 bridgehead atoms. The van der Waals surface area contributed by atoms with Gasteiger partial charge >= 0.3 is 0 Å². The van der Waals surface area contributed by atoms with Gasteiger partial charge in [0.25, 0.3) is 0 Å². The van der Waals surface area contributed by atoms with Crippen molar-refractivity contribution in [2.75, 3.05) is 0 Å². The van der Waals surface area contributed by atoms with Crippen LogP contribution in [0.25, 0.3) is 0 Å². The van der Waals surface area contributed by atoms with Crippen LogP contribution in [-0.4, -0.2) is 22.4 Å². The average molecular weight is 219 g/mol. The number of halogens is 1. The lowest BCUT2D eigenvalue weighted by Gasteiger charge is -2.21. The van der Waals surface area contributed by atoms with E-state index in [-0.39, 0.29) is 0 Å². The highest BCUT2D eigenvalue weighted by Crippen LogP contribution is 2.23. The Morgan fingerprint density at radius 3 is 2.73 bits per heavy atom. The van der Waals surface area contributed by atoms with Gasteiger partial charge in [0.2, 0.25) is 0 Å². The first-order valence-electron chi connectivity index (χ1n) is 3.59. The molecule has 0 unspecified atom stereocenters. The Morgan fingerprint density at radius 1 is 1.55 bits per heavy atom. The lowest BCUT2D eigenvalue weighted by Crippen LogP contribution is -2.28. The molecule has 2 N–H and O–H groups in total. The Morgan fingerprint density at radius 2 is 2.18 bits per heavy atom. The van der Waals surface area contributed by atoms with Crippen LogP contribution in [0.15, 0.2) is 22.2 Å². The summed E-state index contributed by atoms with van der Waals surface area (Å²) >= 11 is 3.25. The first kappa shape index (κ1) is 8.97. The van der Waals surface area contributed by atoms with Gasteiger partial charge in [-0.15, -0.1) is 0 Å². The van der Waals surface area contributed by atoms with E-state index in [1.165, 1.54) is 0 Å². The summed E-state index contributed by atoms with van der Waals surface area (Å²) in [6.45, 7) is 1.95. The van der Waals surface area contributed by atoms with Gasteiger partial charge in [-0.1, -0.05) is 22.9 Å². The molecular weight excluding hydrogens is 208 g/mol. The summed E-state index contributed by atoms with van der Waals surface area (Å²) in [5, 5.41) is 18.6. The van der Waals surface area contributed by atoms with Crippen molar-refractivity contribution in [1.29, 1.82) is 0 Å². The molecule has 0 saturated heterocycles. The number of aliphatic hydroxyl groups excluding tert-OH is 2. The van der Waals surface area contributed by atoms with E-state index < -0.39 is 12.2 Å². The van der Waals surface area contributed by atoms with Crippen molar-refractivity contribution >= 4 is 15.9 Å². The third kappa shape index (κ3) is 1.92. The van der Waals surface area contributed by atoms with E-state index in [0.717, 1.165) is 16.5 Å². The zero-order valence-corrected chi connectivity index (χ0v) is 7.87. The maximum Gasteiger partial charge on any atom is 0.105 e. The van der Waals surface area contributed by atoms with Gasteiger partial charge in [-0.2, -0.15) is 0 Å². The summed E-state index contributed by atoms with van der Waals surface area (Å²) in [5.41, 5.74) is 0.867. The second-order valence-corrected chi connectivity index (χ2v) is 3.48. The highest BCUT2D eigenvalue weighted by molar-refractivity contribution is 9.11. The van der Waals surface area contributed by atoms with Crippen LogP contribution in [-0.2, 0) is 0 Å². The molecule has 2 atom stereocenters. The van der Waals surface area contributed by atoms with Crippen molar-refractivity contribution in [3.05, 3.63) is 22.2 Å². The third-order valence-corrected chi connectivity index (χ3v) is 2.26. The molecule has 62 valence electrons. The van der Waals surface area contributed by atoms with Crippen LogP contribution in [0, 0.1) is 0 Å². The summed E-state index contributed by atoms with van der Waals surface area (Å²) in [4.78, 5) is 0. The molecule has 3 heteroatoms. The minimum absolute atomic E-state index is 0.721. The van der Waals surface area contributed by atoms with E-state index >= 15 is 0 Å². The van der Waals surface area contributed by atoms with Crippen LogP contribution in [0.1, 0.15) is 13.3 Å². The van der Waals surface area contributed by atoms with Crippen molar-refractivity contribution in [3.8, 4) is 0 Å². The number of hydrogen-bond donors (Lipinski definition) is 2. The Labute approximate surface area is 74.4 Å². The lowest BCUT2D eigenvalue weighted by molar-refractivity contribution is 0.0695. The summed E-state index contributed by atoms with van der Waals surface area (Å²) in [5.74, 6) is 0. The monoisotopic (exact) mass is 218 g/mol. The SMILES string of the molecule is CCC1=CC(Br)=C[C@H](O)[C@@H]1O. The number of rotatable bonds is 1. The van der Waals surface area contributed by atoms with Crippen molar-refractivity contribution in [2.45, 2.75) is 25.6 Å². The molecule has 0 aromatic heterocycles. The number of hydrogen-bond acceptors (Lipinski definition) is 2. The second kappa shape index (κ2) is 3.52. The topological polar surface area (TPSA) is 40.5 Å². The summed E-state index contributed by atoms with van der Waals surface area (Å²) in [6, 6.07) is 0. The minimum atomic E-state index is -0.760. The molecule has 0 saturated carbocycles. The van der Waals surface area contributed by atoms with Crippen molar-refractivity contribution in [2.24, 2.45) is 0 Å². The van der Waals surface area contributed by atoms with Gasteiger partial charge in [-0.3, -0.25) is 0 Å². The quantitative estimate of drug-likeness (QED) is 0.698. The number of aliphatic hydroxyl groups is 2. The van der Waals surface area contributed by atoms with Gasteiger partial charge < -0.3 is 10.2 Å². The van der Waals surface area contributed by atoms with Crippen molar-refractivity contribution in [1.82, 2.24) is 0 Å². The van der Waals surface area contributed by atoms with E-state index in [1.54, 1.807) is 6.08 Å². The predicted molar refractivity (Wildman–Crippen MR) is 47.4 cm³/mol. The molecule has 0 aromatic carbocycles. The molecule has 0 spiro atoms. The highest BCUT2D eigenvalue weighted by Gasteiger charge is 2.21. The first-order chi connectivity index (χ1) is 5.15. The predicted octanol–water partition coefficient (Wildman–Crippen LogP) is 1.34. The third-order valence-electron chi connectivity index (χ3n) is 1.76. The molecule has 1 rings (SSSR count). The standard InChI is InChI=1S/C8H11BrO2/c1-2-5-3-6(9)4-7(10)8(5)11/h3-4,7-8,10-11H,2H2,1H3/t7-,8+/m0/s1. The first-order valence-corrected chi connectivity index (χ1v) is 4.38. The van der Waals surface area contributed by atoms with E-state index in [0.29, 0.717) is 0 Å². The van der Waals surface area contributed by atoms with Gasteiger partial charge in [0.15, 0.2) is 0 Å². The maximum absolute atomic E-state index is 9.37. The van der Waals surface area contributed by atoms with E-state index in [1.807, 2.05) is 13.0 Å². The number of allylic oxidation sites excluding steroid dienone is 2. The zero-order chi connectivity index (χ0) is 8.43. The Balaban J connectivity index is 2.84. The lowest BCUT2D eigenvalue weighted by atomic mass is 9.97. The fraction of sp³-hybridized carbons (Fsp3) is 0.500. The van der Waals surface area contributed by atoms with Crippen molar-refractivity contribution in [3.63, 3.8) is 0 Å². The highest BCUT2D eigenvalue weighted by atomic mass is 79.9. The molecule has 0 fully saturated rings. The maximum atomic E-state index is 9.37. The van der Waals surface area contributed by atoms with Crippen LogP contribution in [0.4, 0.5) is 0 Å². The average Bonchev–Trinajstić information content (AvgIpc) is 1.96. The Hall–Kier alpha value is -0.120. The molecule has 2 nitrogen and oxygen atoms in total. The molecule has 0 heterocycles. The van der Waals surface area contributed by atoms with Gasteiger partial charge in [0.1, 0.15) is 12.2 Å². The molecule has 0 amide bonds. The minimum Gasteiger partial charge on any atom is -0.386 e. The van der Waals surface area contributed by atoms with Crippen molar-refractivity contribution < 1.29 is 10.2 Å². The van der Waals surface area contributed by atoms with Crippen LogP contribution in [0.2, 0.25) is 0 Å². The molecule has 0 aromatic rings. The van der Waals surface area contributed by atoms with Crippen LogP contribution < -0.4 is 0 Å². The summed E-state index contributed by atoms with van der Waals surface area (Å²) < 4.78 is 0.840.